The van der Waals surface area contributed by atoms with Gasteiger partial charge in [-0.2, -0.15) is 0 Å². The number of hydrogen-bond donors (Lipinski definition) is 1. The first kappa shape index (κ1) is 16.5. The van der Waals surface area contributed by atoms with Crippen LogP contribution in [0.2, 0.25) is 0 Å². The summed E-state index contributed by atoms with van der Waals surface area (Å²) in [6.45, 7) is 7.27. The smallest absolute Gasteiger partial charge is 0.133 e. The minimum absolute atomic E-state index is 0.780. The molecule has 19 heavy (non-hydrogen) atoms. The molecule has 3 heteroatoms. The minimum Gasteiger partial charge on any atom is -0.492 e. The van der Waals surface area contributed by atoms with Crippen LogP contribution in [-0.4, -0.2) is 19.7 Å². The molecule has 0 fully saturated rings. The first-order chi connectivity index (χ1) is 9.27. The second-order valence-electron chi connectivity index (χ2n) is 4.78. The van der Waals surface area contributed by atoms with Gasteiger partial charge in [-0.3, -0.25) is 0 Å². The number of unbranched alkanes of at least 4 members (excludes halogenated alkanes) is 2. The highest BCUT2D eigenvalue weighted by Crippen LogP contribution is 2.26. The highest BCUT2D eigenvalue weighted by atomic mass is 79.9. The lowest BCUT2D eigenvalue weighted by atomic mass is 10.1. The highest BCUT2D eigenvalue weighted by molar-refractivity contribution is 9.10. The first-order valence-corrected chi connectivity index (χ1v) is 8.19. The molecule has 0 unspecified atom stereocenters. The van der Waals surface area contributed by atoms with Crippen LogP contribution in [0, 0.1) is 0 Å². The Bertz CT molecular complexity index is 355. The van der Waals surface area contributed by atoms with Gasteiger partial charge in [-0.1, -0.05) is 26.3 Å². The molecule has 1 aromatic rings. The molecule has 1 rings (SSSR count). The summed E-state index contributed by atoms with van der Waals surface area (Å²) in [5, 5.41) is 3.36. The highest BCUT2D eigenvalue weighted by Gasteiger charge is 2.02. The molecule has 0 spiro atoms. The molecule has 1 aromatic carbocycles. The van der Waals surface area contributed by atoms with Gasteiger partial charge in [0.15, 0.2) is 0 Å². The van der Waals surface area contributed by atoms with E-state index in [-0.39, 0.29) is 0 Å². The van der Waals surface area contributed by atoms with Gasteiger partial charge in [0.05, 0.1) is 11.1 Å². The second-order valence-corrected chi connectivity index (χ2v) is 5.63. The Kier molecular flexibility index (Phi) is 8.93. The third-order valence-corrected chi connectivity index (χ3v) is 3.65. The summed E-state index contributed by atoms with van der Waals surface area (Å²) >= 11 is 3.59. The van der Waals surface area contributed by atoms with E-state index in [1.807, 2.05) is 0 Å². The topological polar surface area (TPSA) is 21.3 Å². The molecule has 0 radical (unpaired) electrons. The van der Waals surface area contributed by atoms with Gasteiger partial charge < -0.3 is 10.1 Å². The van der Waals surface area contributed by atoms with Crippen LogP contribution >= 0.6 is 15.9 Å². The molecule has 0 saturated carbocycles. The SMILES string of the molecule is CCCOc1ccc(CCCCCNCC)cc1Br. The van der Waals surface area contributed by atoms with Gasteiger partial charge in [-0.05, 0) is 72.4 Å². The Morgan fingerprint density at radius 2 is 2.00 bits per heavy atom. The molecule has 2 nitrogen and oxygen atoms in total. The molecule has 0 heterocycles. The summed E-state index contributed by atoms with van der Waals surface area (Å²) in [5.41, 5.74) is 1.39. The molecule has 0 aliphatic rings. The van der Waals surface area contributed by atoms with Gasteiger partial charge >= 0.3 is 0 Å². The number of halogens is 1. The lowest BCUT2D eigenvalue weighted by Gasteiger charge is -2.09. The van der Waals surface area contributed by atoms with Crippen LogP contribution in [0.5, 0.6) is 5.75 Å². The lowest BCUT2D eigenvalue weighted by molar-refractivity contribution is 0.315. The van der Waals surface area contributed by atoms with Crippen LogP contribution in [0.4, 0.5) is 0 Å². The quantitative estimate of drug-likeness (QED) is 0.636. The molecule has 0 saturated heterocycles. The molecule has 0 aromatic heterocycles. The van der Waals surface area contributed by atoms with Crippen molar-refractivity contribution in [3.8, 4) is 5.75 Å². The maximum atomic E-state index is 5.66. The van der Waals surface area contributed by atoms with Crippen molar-refractivity contribution < 1.29 is 4.74 Å². The van der Waals surface area contributed by atoms with Crippen LogP contribution in [0.15, 0.2) is 22.7 Å². The van der Waals surface area contributed by atoms with Crippen LogP contribution < -0.4 is 10.1 Å². The number of nitrogens with one attached hydrogen (secondary N) is 1. The Balaban J connectivity index is 2.29. The van der Waals surface area contributed by atoms with E-state index in [0.29, 0.717) is 0 Å². The Hall–Kier alpha value is -0.540. The zero-order chi connectivity index (χ0) is 13.9. The fourth-order valence-electron chi connectivity index (χ4n) is 1.96. The number of ether oxygens (including phenoxy) is 1. The number of rotatable bonds is 10. The monoisotopic (exact) mass is 327 g/mol. The normalized spacial score (nSPS) is 10.7. The molecular weight excluding hydrogens is 302 g/mol. The Morgan fingerprint density at radius 1 is 1.16 bits per heavy atom. The average molecular weight is 328 g/mol. The summed E-state index contributed by atoms with van der Waals surface area (Å²) in [6, 6.07) is 6.45. The maximum absolute atomic E-state index is 5.66. The van der Waals surface area contributed by atoms with E-state index < -0.39 is 0 Å². The molecule has 0 aliphatic heterocycles. The van der Waals surface area contributed by atoms with Crippen LogP contribution in [0.1, 0.15) is 45.1 Å². The summed E-state index contributed by atoms with van der Waals surface area (Å²) in [4.78, 5) is 0. The first-order valence-electron chi connectivity index (χ1n) is 7.39. The molecule has 0 atom stereocenters. The molecule has 0 aliphatic carbocycles. The Morgan fingerprint density at radius 3 is 2.68 bits per heavy atom. The van der Waals surface area contributed by atoms with Crippen molar-refractivity contribution in [3.05, 3.63) is 28.2 Å². The third-order valence-electron chi connectivity index (χ3n) is 3.03. The number of benzene rings is 1. The Labute approximate surface area is 126 Å². The van der Waals surface area contributed by atoms with Gasteiger partial charge in [0.2, 0.25) is 0 Å². The van der Waals surface area contributed by atoms with Crippen molar-refractivity contribution >= 4 is 15.9 Å². The van der Waals surface area contributed by atoms with Gasteiger partial charge in [0.25, 0.3) is 0 Å². The van der Waals surface area contributed by atoms with Gasteiger partial charge in [-0.15, -0.1) is 0 Å². The standard InChI is InChI=1S/C16H26BrNO/c1-3-12-19-16-10-9-14(13-15(16)17)8-6-5-7-11-18-4-2/h9-10,13,18H,3-8,11-12H2,1-2H3. The largest absolute Gasteiger partial charge is 0.492 e. The van der Waals surface area contributed by atoms with Gasteiger partial charge in [0, 0.05) is 0 Å². The van der Waals surface area contributed by atoms with Crippen molar-refractivity contribution in [1.82, 2.24) is 5.32 Å². The fourth-order valence-corrected chi connectivity index (χ4v) is 2.50. The molecule has 1 N–H and O–H groups in total. The predicted octanol–water partition coefficient (Wildman–Crippen LogP) is 4.56. The molecule has 0 amide bonds. The summed E-state index contributed by atoms with van der Waals surface area (Å²) in [7, 11) is 0. The van der Waals surface area contributed by atoms with Crippen LogP contribution in [0.25, 0.3) is 0 Å². The van der Waals surface area contributed by atoms with Gasteiger partial charge in [-0.25, -0.2) is 0 Å². The van der Waals surface area contributed by atoms with E-state index >= 15 is 0 Å². The zero-order valence-electron chi connectivity index (χ0n) is 12.2. The summed E-state index contributed by atoms with van der Waals surface area (Å²) < 4.78 is 6.73. The summed E-state index contributed by atoms with van der Waals surface area (Å²) in [5.74, 6) is 0.956. The average Bonchev–Trinajstić information content (AvgIpc) is 2.42. The van der Waals surface area contributed by atoms with E-state index in [0.717, 1.165) is 42.8 Å². The van der Waals surface area contributed by atoms with E-state index in [1.165, 1.54) is 24.8 Å². The lowest BCUT2D eigenvalue weighted by Crippen LogP contribution is -2.13. The van der Waals surface area contributed by atoms with Crippen molar-refractivity contribution in [2.45, 2.75) is 46.0 Å². The molecule has 108 valence electrons. The van der Waals surface area contributed by atoms with Crippen molar-refractivity contribution in [2.24, 2.45) is 0 Å². The molecule has 0 bridgehead atoms. The maximum Gasteiger partial charge on any atom is 0.133 e. The van der Waals surface area contributed by atoms with Gasteiger partial charge in [0.1, 0.15) is 5.75 Å². The van der Waals surface area contributed by atoms with E-state index in [1.54, 1.807) is 0 Å². The zero-order valence-corrected chi connectivity index (χ0v) is 13.8. The fraction of sp³-hybridized carbons (Fsp3) is 0.625. The number of hydrogen-bond acceptors (Lipinski definition) is 2. The van der Waals surface area contributed by atoms with E-state index in [9.17, 15) is 0 Å². The van der Waals surface area contributed by atoms with Crippen LogP contribution in [0.3, 0.4) is 0 Å². The predicted molar refractivity (Wildman–Crippen MR) is 86.0 cm³/mol. The second kappa shape index (κ2) is 10.3. The minimum atomic E-state index is 0.780. The third kappa shape index (κ3) is 6.98. The van der Waals surface area contributed by atoms with Crippen molar-refractivity contribution in [1.29, 1.82) is 0 Å². The van der Waals surface area contributed by atoms with Crippen molar-refractivity contribution in [2.75, 3.05) is 19.7 Å². The number of aryl methyl sites for hydroxylation is 1. The van der Waals surface area contributed by atoms with E-state index in [4.69, 9.17) is 4.74 Å². The summed E-state index contributed by atoms with van der Waals surface area (Å²) in [6.07, 6.45) is 6.01. The molecular formula is C16H26BrNO. The van der Waals surface area contributed by atoms with E-state index in [2.05, 4.69) is 53.3 Å². The van der Waals surface area contributed by atoms with Crippen LogP contribution in [-0.2, 0) is 6.42 Å². The van der Waals surface area contributed by atoms with Crippen molar-refractivity contribution in [3.63, 3.8) is 0 Å².